The number of aromatic nitrogens is 3. The van der Waals surface area contributed by atoms with Crippen LogP contribution in [0, 0.1) is 0 Å². The Hall–Kier alpha value is -2.37. The Morgan fingerprint density at radius 2 is 2.35 bits per heavy atom. The molecule has 0 atom stereocenters. The van der Waals surface area contributed by atoms with Gasteiger partial charge in [-0.3, -0.25) is 9.89 Å². The van der Waals surface area contributed by atoms with Crippen LogP contribution in [0.15, 0.2) is 24.5 Å². The zero-order valence-corrected chi connectivity index (χ0v) is 11.4. The third-order valence-electron chi connectivity index (χ3n) is 3.49. The number of carbonyl (C=O) groups is 1. The summed E-state index contributed by atoms with van der Waals surface area (Å²) in [6.07, 6.45) is 3.58. The van der Waals surface area contributed by atoms with Crippen molar-refractivity contribution in [3.63, 3.8) is 0 Å². The van der Waals surface area contributed by atoms with Crippen molar-refractivity contribution in [2.45, 2.75) is 19.4 Å². The van der Waals surface area contributed by atoms with Crippen molar-refractivity contribution >= 4 is 11.6 Å². The number of rotatable bonds is 3. The minimum atomic E-state index is -0.00484. The maximum absolute atomic E-state index is 12.4. The molecule has 0 radical (unpaired) electrons. The third kappa shape index (κ3) is 2.49. The van der Waals surface area contributed by atoms with Gasteiger partial charge in [-0.15, -0.1) is 0 Å². The van der Waals surface area contributed by atoms with Crippen LogP contribution in [0.2, 0.25) is 0 Å². The van der Waals surface area contributed by atoms with E-state index in [2.05, 4.69) is 20.5 Å². The average Bonchev–Trinajstić information content (AvgIpc) is 2.99. The highest BCUT2D eigenvalue weighted by Gasteiger charge is 2.16. The lowest BCUT2D eigenvalue weighted by Gasteiger charge is -2.20. The van der Waals surface area contributed by atoms with Crippen molar-refractivity contribution in [1.82, 2.24) is 20.1 Å². The van der Waals surface area contributed by atoms with Crippen molar-refractivity contribution in [1.29, 1.82) is 0 Å². The Balaban J connectivity index is 1.76. The predicted octanol–water partition coefficient (Wildman–Crippen LogP) is 1.43. The van der Waals surface area contributed by atoms with E-state index in [1.807, 2.05) is 18.2 Å². The number of hydrogen-bond acceptors (Lipinski definition) is 4. The molecule has 0 bridgehead atoms. The Labute approximate surface area is 117 Å². The van der Waals surface area contributed by atoms with Crippen LogP contribution in [0.5, 0.6) is 0 Å². The number of benzene rings is 1. The summed E-state index contributed by atoms with van der Waals surface area (Å²) in [4.78, 5) is 18.1. The normalized spacial score (nSPS) is 13.4. The summed E-state index contributed by atoms with van der Waals surface area (Å²) < 4.78 is 0. The maximum Gasteiger partial charge on any atom is 0.254 e. The van der Waals surface area contributed by atoms with Crippen LogP contribution in [0.1, 0.15) is 28.2 Å². The second-order valence-corrected chi connectivity index (χ2v) is 5.00. The smallest absolute Gasteiger partial charge is 0.254 e. The van der Waals surface area contributed by atoms with Crippen LogP contribution in [0.25, 0.3) is 0 Å². The summed E-state index contributed by atoms with van der Waals surface area (Å²) in [7, 11) is 1.77. The summed E-state index contributed by atoms with van der Waals surface area (Å²) in [6, 6.07) is 5.85. The van der Waals surface area contributed by atoms with E-state index in [0.29, 0.717) is 12.4 Å². The van der Waals surface area contributed by atoms with Gasteiger partial charge in [0.2, 0.25) is 0 Å². The second-order valence-electron chi connectivity index (χ2n) is 5.00. The molecule has 104 valence electrons. The van der Waals surface area contributed by atoms with E-state index < -0.39 is 0 Å². The zero-order chi connectivity index (χ0) is 13.9. The number of H-pyrrole nitrogens is 1. The first kappa shape index (κ1) is 12.7. The molecule has 2 aromatic rings. The molecule has 1 aromatic heterocycles. The van der Waals surface area contributed by atoms with Crippen molar-refractivity contribution in [2.24, 2.45) is 0 Å². The molecule has 0 fully saturated rings. The molecule has 0 saturated carbocycles. The number of aryl methyl sites for hydroxylation is 1. The van der Waals surface area contributed by atoms with E-state index in [1.54, 1.807) is 11.9 Å². The van der Waals surface area contributed by atoms with Crippen LogP contribution in [-0.2, 0) is 13.0 Å². The molecule has 1 aliphatic rings. The first-order valence-corrected chi connectivity index (χ1v) is 6.70. The number of nitrogens with zero attached hydrogens (tertiary/aromatic N) is 3. The first-order valence-electron chi connectivity index (χ1n) is 6.70. The number of nitrogens with one attached hydrogen (secondary N) is 2. The Morgan fingerprint density at radius 3 is 3.15 bits per heavy atom. The van der Waals surface area contributed by atoms with Crippen molar-refractivity contribution in [2.75, 3.05) is 18.9 Å². The van der Waals surface area contributed by atoms with E-state index in [-0.39, 0.29) is 5.91 Å². The SMILES string of the molecule is CN(Cc1ncn[nH]1)C(=O)c1ccc2c(c1)CCCN2. The molecular weight excluding hydrogens is 254 g/mol. The van der Waals surface area contributed by atoms with Gasteiger partial charge in [0.05, 0.1) is 6.54 Å². The molecule has 0 unspecified atom stereocenters. The summed E-state index contributed by atoms with van der Waals surface area (Å²) in [5, 5.41) is 9.89. The highest BCUT2D eigenvalue weighted by Crippen LogP contribution is 2.23. The van der Waals surface area contributed by atoms with Crippen LogP contribution in [-0.4, -0.2) is 39.6 Å². The van der Waals surface area contributed by atoms with Crippen LogP contribution >= 0.6 is 0 Å². The van der Waals surface area contributed by atoms with Gasteiger partial charge in [-0.2, -0.15) is 5.10 Å². The molecule has 0 aliphatic carbocycles. The molecule has 20 heavy (non-hydrogen) atoms. The fourth-order valence-corrected chi connectivity index (χ4v) is 2.43. The van der Waals surface area contributed by atoms with E-state index in [0.717, 1.165) is 30.6 Å². The van der Waals surface area contributed by atoms with Gasteiger partial charge < -0.3 is 10.2 Å². The quantitative estimate of drug-likeness (QED) is 0.885. The summed E-state index contributed by atoms with van der Waals surface area (Å²) in [6.45, 7) is 1.43. The molecule has 0 saturated heterocycles. The minimum Gasteiger partial charge on any atom is -0.385 e. The van der Waals surface area contributed by atoms with E-state index >= 15 is 0 Å². The highest BCUT2D eigenvalue weighted by atomic mass is 16.2. The van der Waals surface area contributed by atoms with Gasteiger partial charge in [0, 0.05) is 24.8 Å². The fourth-order valence-electron chi connectivity index (χ4n) is 2.43. The summed E-state index contributed by atoms with van der Waals surface area (Å²) in [5.41, 5.74) is 3.08. The Bertz CT molecular complexity index is 608. The third-order valence-corrected chi connectivity index (χ3v) is 3.49. The number of carbonyl (C=O) groups excluding carboxylic acids is 1. The molecule has 1 aliphatic heterocycles. The largest absolute Gasteiger partial charge is 0.385 e. The van der Waals surface area contributed by atoms with E-state index in [4.69, 9.17) is 0 Å². The molecule has 2 N–H and O–H groups in total. The average molecular weight is 271 g/mol. The number of fused-ring (bicyclic) bond motifs is 1. The van der Waals surface area contributed by atoms with Crippen molar-refractivity contribution in [3.05, 3.63) is 41.5 Å². The molecule has 6 heteroatoms. The van der Waals surface area contributed by atoms with Gasteiger partial charge in [0.15, 0.2) is 0 Å². The van der Waals surface area contributed by atoms with Crippen LogP contribution in [0.3, 0.4) is 0 Å². The van der Waals surface area contributed by atoms with E-state index in [9.17, 15) is 4.79 Å². The minimum absolute atomic E-state index is 0.00484. The van der Waals surface area contributed by atoms with Crippen molar-refractivity contribution < 1.29 is 4.79 Å². The fraction of sp³-hybridized carbons (Fsp3) is 0.357. The Morgan fingerprint density at radius 1 is 1.45 bits per heavy atom. The lowest BCUT2D eigenvalue weighted by molar-refractivity contribution is 0.0781. The van der Waals surface area contributed by atoms with E-state index in [1.165, 1.54) is 11.9 Å². The van der Waals surface area contributed by atoms with Gasteiger partial charge in [-0.05, 0) is 36.6 Å². The summed E-state index contributed by atoms with van der Waals surface area (Å²) in [5.74, 6) is 0.676. The zero-order valence-electron chi connectivity index (χ0n) is 11.4. The molecule has 6 nitrogen and oxygen atoms in total. The molecular formula is C14H17N5O. The second kappa shape index (κ2) is 5.32. The Kier molecular flexibility index (Phi) is 3.37. The predicted molar refractivity (Wildman–Crippen MR) is 75.4 cm³/mol. The monoisotopic (exact) mass is 271 g/mol. The molecule has 2 heterocycles. The highest BCUT2D eigenvalue weighted by molar-refractivity contribution is 5.94. The molecule has 3 rings (SSSR count). The van der Waals surface area contributed by atoms with Gasteiger partial charge in [0.25, 0.3) is 5.91 Å². The van der Waals surface area contributed by atoms with Gasteiger partial charge in [-0.1, -0.05) is 0 Å². The topological polar surface area (TPSA) is 73.9 Å². The maximum atomic E-state index is 12.4. The molecule has 1 amide bonds. The number of anilines is 1. The lowest BCUT2D eigenvalue weighted by atomic mass is 10.0. The van der Waals surface area contributed by atoms with Gasteiger partial charge in [-0.25, -0.2) is 4.98 Å². The molecule has 1 aromatic carbocycles. The standard InChI is InChI=1S/C14H17N5O/c1-19(8-13-16-9-17-18-13)14(20)11-4-5-12-10(7-11)3-2-6-15-12/h4-5,7,9,15H,2-3,6,8H2,1H3,(H,16,17,18). The number of amides is 1. The molecule has 0 spiro atoms. The first-order chi connectivity index (χ1) is 9.74. The lowest BCUT2D eigenvalue weighted by Crippen LogP contribution is -2.27. The number of aromatic amines is 1. The van der Waals surface area contributed by atoms with Crippen molar-refractivity contribution in [3.8, 4) is 0 Å². The van der Waals surface area contributed by atoms with Gasteiger partial charge in [0.1, 0.15) is 12.2 Å². The van der Waals surface area contributed by atoms with Crippen LogP contribution in [0.4, 0.5) is 5.69 Å². The van der Waals surface area contributed by atoms with Gasteiger partial charge >= 0.3 is 0 Å². The summed E-state index contributed by atoms with van der Waals surface area (Å²) >= 11 is 0. The number of hydrogen-bond donors (Lipinski definition) is 2. The van der Waals surface area contributed by atoms with Crippen LogP contribution < -0.4 is 5.32 Å².